The first-order chi connectivity index (χ1) is 9.95. The summed E-state index contributed by atoms with van der Waals surface area (Å²) in [7, 11) is 0.145. The zero-order valence-corrected chi connectivity index (χ0v) is 14.0. The summed E-state index contributed by atoms with van der Waals surface area (Å²) in [4.78, 5) is 0. The van der Waals surface area contributed by atoms with Crippen LogP contribution in [-0.4, -0.2) is 46.4 Å². The van der Waals surface area contributed by atoms with E-state index in [0.717, 1.165) is 31.2 Å². The third-order valence-corrected chi connectivity index (χ3v) is 6.31. The van der Waals surface area contributed by atoms with Gasteiger partial charge in [0.1, 0.15) is 0 Å². The predicted octanol–water partition coefficient (Wildman–Crippen LogP) is 1.75. The lowest BCUT2D eigenvalue weighted by molar-refractivity contribution is 0.262. The molecule has 1 aromatic rings. The van der Waals surface area contributed by atoms with E-state index in [-0.39, 0.29) is 6.04 Å². The molecule has 2 rings (SSSR count). The monoisotopic (exact) mass is 314 g/mol. The molecule has 1 aliphatic rings. The molecule has 0 amide bonds. The molecule has 0 aliphatic heterocycles. The van der Waals surface area contributed by atoms with Crippen LogP contribution in [0.5, 0.6) is 0 Å². The number of aromatic nitrogens is 2. The van der Waals surface area contributed by atoms with E-state index in [1.807, 2.05) is 20.2 Å². The van der Waals surface area contributed by atoms with Gasteiger partial charge in [0.25, 0.3) is 10.2 Å². The molecule has 0 atom stereocenters. The fourth-order valence-electron chi connectivity index (χ4n) is 2.93. The van der Waals surface area contributed by atoms with Crippen LogP contribution in [0.1, 0.15) is 44.6 Å². The highest BCUT2D eigenvalue weighted by Crippen LogP contribution is 2.25. The van der Waals surface area contributed by atoms with Crippen LogP contribution in [0.25, 0.3) is 0 Å². The predicted molar refractivity (Wildman–Crippen MR) is 82.8 cm³/mol. The molecule has 1 saturated carbocycles. The van der Waals surface area contributed by atoms with Gasteiger partial charge in [-0.1, -0.05) is 26.2 Å². The molecular weight excluding hydrogens is 288 g/mol. The van der Waals surface area contributed by atoms with Crippen LogP contribution in [0.15, 0.2) is 12.4 Å². The van der Waals surface area contributed by atoms with Gasteiger partial charge in [0.2, 0.25) is 0 Å². The van der Waals surface area contributed by atoms with Crippen molar-refractivity contribution in [3.8, 4) is 0 Å². The zero-order chi connectivity index (χ0) is 15.5. The van der Waals surface area contributed by atoms with Crippen LogP contribution in [-0.2, 0) is 23.8 Å². The van der Waals surface area contributed by atoms with Crippen molar-refractivity contribution in [3.63, 3.8) is 0 Å². The number of nitrogens with zero attached hydrogens (tertiary/aromatic N) is 4. The van der Waals surface area contributed by atoms with E-state index in [2.05, 4.69) is 5.10 Å². The quantitative estimate of drug-likeness (QED) is 0.804. The Morgan fingerprint density at radius 1 is 1.33 bits per heavy atom. The second-order valence-electron chi connectivity index (χ2n) is 5.76. The first kappa shape index (κ1) is 16.5. The molecular formula is C14H26N4O2S. The van der Waals surface area contributed by atoms with Crippen molar-refractivity contribution in [3.05, 3.63) is 18.0 Å². The lowest BCUT2D eigenvalue weighted by Crippen LogP contribution is -2.46. The Morgan fingerprint density at radius 3 is 2.52 bits per heavy atom. The molecule has 0 aromatic carbocycles. The van der Waals surface area contributed by atoms with Crippen LogP contribution in [0, 0.1) is 0 Å². The van der Waals surface area contributed by atoms with Crippen molar-refractivity contribution in [2.24, 2.45) is 7.05 Å². The van der Waals surface area contributed by atoms with Gasteiger partial charge in [-0.2, -0.15) is 22.1 Å². The molecule has 120 valence electrons. The Hall–Kier alpha value is -0.920. The lowest BCUT2D eigenvalue weighted by Gasteiger charge is -2.34. The van der Waals surface area contributed by atoms with Crippen molar-refractivity contribution in [2.45, 2.75) is 51.6 Å². The summed E-state index contributed by atoms with van der Waals surface area (Å²) in [6.07, 6.45) is 8.99. The Bertz CT molecular complexity index is 549. The number of hydrogen-bond donors (Lipinski definition) is 0. The largest absolute Gasteiger partial charge is 0.282 e. The van der Waals surface area contributed by atoms with E-state index in [0.29, 0.717) is 13.1 Å². The Labute approximate surface area is 127 Å². The van der Waals surface area contributed by atoms with Crippen LogP contribution in [0.2, 0.25) is 0 Å². The van der Waals surface area contributed by atoms with Gasteiger partial charge in [-0.05, 0) is 12.8 Å². The van der Waals surface area contributed by atoms with Gasteiger partial charge >= 0.3 is 0 Å². The van der Waals surface area contributed by atoms with Crippen molar-refractivity contribution in [1.29, 1.82) is 0 Å². The smallest absolute Gasteiger partial charge is 0.275 e. The maximum Gasteiger partial charge on any atom is 0.282 e. The number of rotatable bonds is 6. The summed E-state index contributed by atoms with van der Waals surface area (Å²) < 4.78 is 30.4. The SMILES string of the molecule is CCN(Cc1cnn(C)c1)S(=O)(=O)N(C)C1CCCCC1. The fraction of sp³-hybridized carbons (Fsp3) is 0.786. The first-order valence-electron chi connectivity index (χ1n) is 7.65. The third kappa shape index (κ3) is 3.84. The van der Waals surface area contributed by atoms with Crippen LogP contribution in [0.3, 0.4) is 0 Å². The molecule has 1 aromatic heterocycles. The summed E-state index contributed by atoms with van der Waals surface area (Å²) in [6.45, 7) is 2.72. The molecule has 0 spiro atoms. The molecule has 7 heteroatoms. The zero-order valence-electron chi connectivity index (χ0n) is 13.2. The third-order valence-electron chi connectivity index (χ3n) is 4.25. The van der Waals surface area contributed by atoms with E-state index in [1.165, 1.54) is 10.7 Å². The van der Waals surface area contributed by atoms with Crippen molar-refractivity contribution >= 4 is 10.2 Å². The van der Waals surface area contributed by atoms with Gasteiger partial charge in [-0.3, -0.25) is 4.68 Å². The topological polar surface area (TPSA) is 58.4 Å². The number of aryl methyl sites for hydroxylation is 1. The Balaban J connectivity index is 2.10. The second-order valence-corrected chi connectivity index (χ2v) is 7.75. The summed E-state index contributed by atoms with van der Waals surface area (Å²) in [6, 6.07) is 0.145. The first-order valence-corrected chi connectivity index (χ1v) is 9.05. The van der Waals surface area contributed by atoms with Crippen molar-refractivity contribution in [1.82, 2.24) is 18.4 Å². The number of hydrogen-bond acceptors (Lipinski definition) is 3. The van der Waals surface area contributed by atoms with Crippen molar-refractivity contribution < 1.29 is 8.42 Å². The van der Waals surface area contributed by atoms with E-state index < -0.39 is 10.2 Å². The molecule has 21 heavy (non-hydrogen) atoms. The normalized spacial score (nSPS) is 17.8. The van der Waals surface area contributed by atoms with Crippen LogP contribution >= 0.6 is 0 Å². The minimum atomic E-state index is -3.41. The van der Waals surface area contributed by atoms with Gasteiger partial charge in [-0.15, -0.1) is 0 Å². The summed E-state index contributed by atoms with van der Waals surface area (Å²) >= 11 is 0. The van der Waals surface area contributed by atoms with E-state index in [1.54, 1.807) is 22.2 Å². The molecule has 6 nitrogen and oxygen atoms in total. The maximum atomic E-state index is 12.8. The molecule has 1 aliphatic carbocycles. The summed E-state index contributed by atoms with van der Waals surface area (Å²) in [5.74, 6) is 0. The molecule has 0 radical (unpaired) electrons. The minimum Gasteiger partial charge on any atom is -0.275 e. The average molecular weight is 314 g/mol. The van der Waals surface area contributed by atoms with Gasteiger partial charge in [0, 0.05) is 45.0 Å². The van der Waals surface area contributed by atoms with Crippen molar-refractivity contribution in [2.75, 3.05) is 13.6 Å². The second kappa shape index (κ2) is 6.89. The van der Waals surface area contributed by atoms with Gasteiger partial charge in [-0.25, -0.2) is 0 Å². The van der Waals surface area contributed by atoms with Gasteiger partial charge < -0.3 is 0 Å². The van der Waals surface area contributed by atoms with Gasteiger partial charge in [0.15, 0.2) is 0 Å². The molecule has 0 bridgehead atoms. The van der Waals surface area contributed by atoms with Crippen LogP contribution in [0.4, 0.5) is 0 Å². The Morgan fingerprint density at radius 2 is 2.00 bits per heavy atom. The highest BCUT2D eigenvalue weighted by molar-refractivity contribution is 7.86. The molecule has 0 N–H and O–H groups in total. The van der Waals surface area contributed by atoms with E-state index in [9.17, 15) is 8.42 Å². The van der Waals surface area contributed by atoms with E-state index >= 15 is 0 Å². The minimum absolute atomic E-state index is 0.145. The average Bonchev–Trinajstić information content (AvgIpc) is 2.90. The maximum absolute atomic E-state index is 12.8. The Kier molecular flexibility index (Phi) is 5.40. The fourth-order valence-corrected chi connectivity index (χ4v) is 4.52. The molecule has 0 saturated heterocycles. The van der Waals surface area contributed by atoms with Gasteiger partial charge in [0.05, 0.1) is 6.20 Å². The summed E-state index contributed by atoms with van der Waals surface area (Å²) in [5.41, 5.74) is 0.917. The summed E-state index contributed by atoms with van der Waals surface area (Å²) in [5, 5.41) is 4.10. The molecule has 0 unspecified atom stereocenters. The highest BCUT2D eigenvalue weighted by atomic mass is 32.2. The van der Waals surface area contributed by atoms with E-state index in [4.69, 9.17) is 0 Å². The molecule has 1 heterocycles. The lowest BCUT2D eigenvalue weighted by atomic mass is 9.96. The standard InChI is InChI=1S/C14H26N4O2S/c1-4-18(12-13-10-15-16(2)11-13)21(19,20)17(3)14-8-6-5-7-9-14/h10-11,14H,4-9,12H2,1-3H3. The molecule has 1 fully saturated rings. The highest BCUT2D eigenvalue weighted by Gasteiger charge is 2.32. The van der Waals surface area contributed by atoms with Crippen LogP contribution < -0.4 is 0 Å².